The van der Waals surface area contributed by atoms with Crippen molar-refractivity contribution in [1.29, 1.82) is 0 Å². The van der Waals surface area contributed by atoms with E-state index in [-0.39, 0.29) is 17.8 Å². The lowest BCUT2D eigenvalue weighted by atomic mass is 9.73. The van der Waals surface area contributed by atoms with Crippen molar-refractivity contribution in [3.63, 3.8) is 0 Å². The minimum atomic E-state index is -1.51. The fourth-order valence-corrected chi connectivity index (χ4v) is 3.90. The summed E-state index contributed by atoms with van der Waals surface area (Å²) in [5, 5.41) is 11.5. The first-order valence-corrected chi connectivity index (χ1v) is 8.65. The van der Waals surface area contributed by atoms with E-state index in [9.17, 15) is 14.7 Å². The number of ketones is 1. The standard InChI is InChI=1S/C22H20O4/c1-21(2,3)26-20(24)18-17(23)12-22(25)16-11-7-6-9-14(16)13-8-4-5-10-15(13)19(18)22/h4-11,25H,12H2,1-3H3. The maximum Gasteiger partial charge on any atom is 0.342 e. The first-order valence-electron chi connectivity index (χ1n) is 8.65. The fraction of sp³-hybridized carbons (Fsp3) is 0.273. The first kappa shape index (κ1) is 16.7. The number of carbonyl (C=O) groups is 2. The molecule has 0 radical (unpaired) electrons. The van der Waals surface area contributed by atoms with Gasteiger partial charge in [-0.1, -0.05) is 48.5 Å². The number of hydrogen-bond acceptors (Lipinski definition) is 4. The van der Waals surface area contributed by atoms with Crippen LogP contribution in [0.4, 0.5) is 0 Å². The van der Waals surface area contributed by atoms with Crippen LogP contribution in [0.2, 0.25) is 0 Å². The Morgan fingerprint density at radius 1 is 1.00 bits per heavy atom. The molecular formula is C22H20O4. The van der Waals surface area contributed by atoms with E-state index in [0.29, 0.717) is 16.7 Å². The minimum absolute atomic E-state index is 0.0376. The molecule has 1 unspecified atom stereocenters. The molecule has 4 heteroatoms. The number of carbonyl (C=O) groups excluding carboxylic acids is 2. The van der Waals surface area contributed by atoms with Crippen molar-refractivity contribution in [2.24, 2.45) is 0 Å². The lowest BCUT2D eigenvalue weighted by molar-refractivity contribution is -0.150. The summed E-state index contributed by atoms with van der Waals surface area (Å²) < 4.78 is 5.46. The van der Waals surface area contributed by atoms with Gasteiger partial charge in [-0.25, -0.2) is 4.79 Å². The van der Waals surface area contributed by atoms with Crippen molar-refractivity contribution in [3.8, 4) is 11.1 Å². The highest BCUT2D eigenvalue weighted by atomic mass is 16.6. The van der Waals surface area contributed by atoms with E-state index < -0.39 is 17.2 Å². The molecule has 4 rings (SSSR count). The third-order valence-corrected chi connectivity index (χ3v) is 4.82. The van der Waals surface area contributed by atoms with Crippen LogP contribution in [0.15, 0.2) is 54.1 Å². The SMILES string of the molecule is CC(C)(C)OC(=O)C1=C2c3ccccc3-c3ccccc3C2(O)CC1=O. The molecule has 2 aromatic carbocycles. The van der Waals surface area contributed by atoms with E-state index in [1.54, 1.807) is 20.8 Å². The summed E-state index contributed by atoms with van der Waals surface area (Å²) in [6.07, 6.45) is -0.151. The molecule has 1 N–H and O–H groups in total. The van der Waals surface area contributed by atoms with Crippen LogP contribution in [-0.2, 0) is 19.9 Å². The van der Waals surface area contributed by atoms with Gasteiger partial charge in [0, 0.05) is 12.0 Å². The highest BCUT2D eigenvalue weighted by Gasteiger charge is 2.52. The predicted octanol–water partition coefficient (Wildman–Crippen LogP) is 3.62. The van der Waals surface area contributed by atoms with Gasteiger partial charge in [0.2, 0.25) is 0 Å². The quantitative estimate of drug-likeness (QED) is 0.631. The number of hydrogen-bond donors (Lipinski definition) is 1. The molecule has 0 aromatic heterocycles. The second-order valence-corrected chi connectivity index (χ2v) is 7.80. The molecule has 26 heavy (non-hydrogen) atoms. The minimum Gasteiger partial charge on any atom is -0.456 e. The molecular weight excluding hydrogens is 328 g/mol. The van der Waals surface area contributed by atoms with E-state index in [1.165, 1.54) is 0 Å². The fourth-order valence-electron chi connectivity index (χ4n) is 3.90. The molecule has 0 saturated carbocycles. The van der Waals surface area contributed by atoms with Crippen molar-refractivity contribution in [1.82, 2.24) is 0 Å². The molecule has 2 aliphatic rings. The van der Waals surface area contributed by atoms with Gasteiger partial charge in [0.1, 0.15) is 16.8 Å². The van der Waals surface area contributed by atoms with Crippen LogP contribution >= 0.6 is 0 Å². The monoisotopic (exact) mass is 348 g/mol. The normalized spacial score (nSPS) is 21.2. The highest BCUT2D eigenvalue weighted by Crippen LogP contribution is 2.55. The third kappa shape index (κ3) is 2.33. The lowest BCUT2D eigenvalue weighted by Crippen LogP contribution is -2.29. The van der Waals surface area contributed by atoms with Gasteiger partial charge in [-0.05, 0) is 43.0 Å². The van der Waals surface area contributed by atoms with Gasteiger partial charge in [-0.2, -0.15) is 0 Å². The van der Waals surface area contributed by atoms with Crippen LogP contribution < -0.4 is 0 Å². The van der Waals surface area contributed by atoms with Gasteiger partial charge in [0.05, 0.1) is 0 Å². The zero-order valence-electron chi connectivity index (χ0n) is 15.0. The molecule has 4 nitrogen and oxygen atoms in total. The van der Waals surface area contributed by atoms with Gasteiger partial charge in [-0.15, -0.1) is 0 Å². The molecule has 0 saturated heterocycles. The van der Waals surface area contributed by atoms with Crippen molar-refractivity contribution in [3.05, 3.63) is 65.2 Å². The summed E-state index contributed by atoms with van der Waals surface area (Å²) in [6, 6.07) is 15.0. The number of esters is 1. The van der Waals surface area contributed by atoms with Gasteiger partial charge in [0.25, 0.3) is 0 Å². The smallest absolute Gasteiger partial charge is 0.342 e. The van der Waals surface area contributed by atoms with Crippen LogP contribution in [0.5, 0.6) is 0 Å². The lowest BCUT2D eigenvalue weighted by Gasteiger charge is -2.34. The molecule has 0 aliphatic heterocycles. The number of fused-ring (bicyclic) bond motifs is 6. The summed E-state index contributed by atoms with van der Waals surface area (Å²) in [6.45, 7) is 5.27. The van der Waals surface area contributed by atoms with Gasteiger partial charge in [-0.3, -0.25) is 4.79 Å². The third-order valence-electron chi connectivity index (χ3n) is 4.82. The number of ether oxygens (including phenoxy) is 1. The number of aliphatic hydroxyl groups is 1. The molecule has 0 heterocycles. The van der Waals surface area contributed by atoms with E-state index >= 15 is 0 Å². The van der Waals surface area contributed by atoms with Crippen molar-refractivity contribution in [2.75, 3.05) is 0 Å². The molecule has 2 aliphatic carbocycles. The topological polar surface area (TPSA) is 63.6 Å². The van der Waals surface area contributed by atoms with Crippen LogP contribution in [0.25, 0.3) is 16.7 Å². The predicted molar refractivity (Wildman–Crippen MR) is 98.2 cm³/mol. The Hall–Kier alpha value is -2.72. The average Bonchev–Trinajstić information content (AvgIpc) is 2.85. The summed E-state index contributed by atoms with van der Waals surface area (Å²) >= 11 is 0. The van der Waals surface area contributed by atoms with Crippen molar-refractivity contribution in [2.45, 2.75) is 38.4 Å². The van der Waals surface area contributed by atoms with Crippen LogP contribution in [0.1, 0.15) is 38.3 Å². The van der Waals surface area contributed by atoms with E-state index in [4.69, 9.17) is 4.74 Å². The Bertz CT molecular complexity index is 978. The zero-order chi connectivity index (χ0) is 18.7. The van der Waals surface area contributed by atoms with Crippen molar-refractivity contribution < 1.29 is 19.4 Å². The van der Waals surface area contributed by atoms with Crippen LogP contribution in [-0.4, -0.2) is 22.5 Å². The van der Waals surface area contributed by atoms with Crippen LogP contribution in [0, 0.1) is 0 Å². The van der Waals surface area contributed by atoms with Crippen LogP contribution in [0.3, 0.4) is 0 Å². The Kier molecular flexibility index (Phi) is 3.47. The van der Waals surface area contributed by atoms with E-state index in [1.807, 2.05) is 48.5 Å². The Labute approximate surface area is 152 Å². The first-order chi connectivity index (χ1) is 12.2. The Morgan fingerprint density at radius 2 is 1.58 bits per heavy atom. The molecule has 2 aromatic rings. The Morgan fingerprint density at radius 3 is 2.23 bits per heavy atom. The summed E-state index contributed by atoms with van der Waals surface area (Å²) in [5.41, 5.74) is 1.24. The average molecular weight is 348 g/mol. The molecule has 1 atom stereocenters. The van der Waals surface area contributed by atoms with Gasteiger partial charge in [0.15, 0.2) is 5.78 Å². The molecule has 0 spiro atoms. The zero-order valence-corrected chi connectivity index (χ0v) is 15.0. The molecule has 0 fully saturated rings. The second kappa shape index (κ2) is 5.39. The van der Waals surface area contributed by atoms with E-state index in [2.05, 4.69) is 0 Å². The van der Waals surface area contributed by atoms with E-state index in [0.717, 1.165) is 11.1 Å². The largest absolute Gasteiger partial charge is 0.456 e. The van der Waals surface area contributed by atoms with Gasteiger partial charge < -0.3 is 9.84 Å². The number of Topliss-reactive ketones (excluding diaryl/α,β-unsaturated/α-hetero) is 1. The molecule has 0 bridgehead atoms. The highest BCUT2D eigenvalue weighted by molar-refractivity contribution is 6.28. The van der Waals surface area contributed by atoms with Gasteiger partial charge >= 0.3 is 5.97 Å². The molecule has 132 valence electrons. The van der Waals surface area contributed by atoms with Crippen molar-refractivity contribution >= 4 is 17.3 Å². The summed E-state index contributed by atoms with van der Waals surface area (Å²) in [4.78, 5) is 25.6. The Balaban J connectivity index is 2.02. The maximum atomic E-state index is 12.8. The second-order valence-electron chi connectivity index (χ2n) is 7.80. The summed E-state index contributed by atoms with van der Waals surface area (Å²) in [5.74, 6) is -1.06. The number of benzene rings is 2. The number of rotatable bonds is 1. The maximum absolute atomic E-state index is 12.8. The molecule has 0 amide bonds. The summed E-state index contributed by atoms with van der Waals surface area (Å²) in [7, 11) is 0.